The van der Waals surface area contributed by atoms with Crippen LogP contribution in [-0.4, -0.2) is 94.1 Å². The van der Waals surface area contributed by atoms with E-state index in [0.717, 1.165) is 50.5 Å². The van der Waals surface area contributed by atoms with Crippen LogP contribution in [0, 0.1) is 18.8 Å². The summed E-state index contributed by atoms with van der Waals surface area (Å²) in [7, 11) is 7.75. The van der Waals surface area contributed by atoms with Gasteiger partial charge in [0.05, 0.1) is 5.56 Å². The van der Waals surface area contributed by atoms with E-state index in [1.165, 1.54) is 0 Å². The van der Waals surface area contributed by atoms with Gasteiger partial charge in [0.15, 0.2) is 0 Å². The van der Waals surface area contributed by atoms with E-state index in [9.17, 15) is 9.59 Å². The van der Waals surface area contributed by atoms with Gasteiger partial charge in [-0.3, -0.25) is 9.59 Å². The first kappa shape index (κ1) is 26.2. The van der Waals surface area contributed by atoms with Crippen LogP contribution in [0.15, 0.2) is 30.3 Å². The van der Waals surface area contributed by atoms with Crippen molar-refractivity contribution in [3.8, 4) is 0 Å². The number of amides is 2. The summed E-state index contributed by atoms with van der Waals surface area (Å²) < 4.78 is 0. The van der Waals surface area contributed by atoms with Crippen molar-refractivity contribution in [2.45, 2.75) is 13.3 Å². The molecule has 1 N–H and O–H groups in total. The lowest BCUT2D eigenvalue weighted by atomic mass is 10.0. The number of carbonyl (C=O) groups excluding carboxylic acids is 2. The monoisotopic (exact) mass is 512 g/mol. The number of pyridine rings is 1. The lowest BCUT2D eigenvalue weighted by Gasteiger charge is -2.24. The number of anilines is 2. The second-order valence-corrected chi connectivity index (χ2v) is 10.8. The fourth-order valence-corrected chi connectivity index (χ4v) is 5.33. The number of benzene rings is 1. The summed E-state index contributed by atoms with van der Waals surface area (Å²) in [6.07, 6.45) is 0.892. The van der Waals surface area contributed by atoms with Crippen LogP contribution in [0.1, 0.15) is 32.7 Å². The molecule has 2 saturated heterocycles. The normalized spacial score (nSPS) is 19.3. The van der Waals surface area contributed by atoms with Crippen LogP contribution in [0.25, 0.3) is 0 Å². The highest BCUT2D eigenvalue weighted by atomic mass is 35.5. The minimum atomic E-state index is -0.0884. The minimum Gasteiger partial charge on any atom is -0.363 e. The van der Waals surface area contributed by atoms with Gasteiger partial charge in [0.25, 0.3) is 11.8 Å². The van der Waals surface area contributed by atoms with E-state index in [1.807, 2.05) is 68.0 Å². The smallest absolute Gasteiger partial charge is 0.257 e. The number of nitrogens with one attached hydrogen (secondary N) is 1. The van der Waals surface area contributed by atoms with Crippen LogP contribution in [-0.2, 0) is 0 Å². The number of aryl methyl sites for hydroxylation is 1. The number of likely N-dealkylation sites (tertiary alicyclic amines) is 2. The summed E-state index contributed by atoms with van der Waals surface area (Å²) in [5.41, 5.74) is 2.22. The number of aromatic nitrogens is 1. The molecule has 2 fully saturated rings. The Morgan fingerprint density at radius 2 is 1.72 bits per heavy atom. The van der Waals surface area contributed by atoms with E-state index < -0.39 is 0 Å². The molecule has 2 atom stereocenters. The quantitative estimate of drug-likeness (QED) is 0.548. The topological polar surface area (TPSA) is 72.0 Å². The number of carbonyl (C=O) groups is 2. The van der Waals surface area contributed by atoms with E-state index >= 15 is 0 Å². The molecule has 0 bridgehead atoms. The van der Waals surface area contributed by atoms with E-state index in [0.29, 0.717) is 40.3 Å². The van der Waals surface area contributed by atoms with E-state index in [2.05, 4.69) is 15.2 Å². The van der Waals surface area contributed by atoms with Gasteiger partial charge in [-0.15, -0.1) is 0 Å². The molecule has 8 nitrogen and oxygen atoms in total. The first-order valence-corrected chi connectivity index (χ1v) is 12.9. The Morgan fingerprint density at radius 1 is 1.03 bits per heavy atom. The molecule has 1 aromatic carbocycles. The third kappa shape index (κ3) is 5.76. The van der Waals surface area contributed by atoms with Gasteiger partial charge in [0.2, 0.25) is 0 Å². The molecule has 194 valence electrons. The molecule has 0 saturated carbocycles. The number of hydrogen-bond acceptors (Lipinski definition) is 6. The predicted molar refractivity (Wildman–Crippen MR) is 145 cm³/mol. The zero-order valence-corrected chi connectivity index (χ0v) is 22.7. The highest BCUT2D eigenvalue weighted by Crippen LogP contribution is 2.33. The molecule has 1 aromatic heterocycles. The highest BCUT2D eigenvalue weighted by molar-refractivity contribution is 6.31. The SMILES string of the molecule is Cc1ccc(C(=O)NCCCN2CC3CN(C(=O)c4ccc(N(C)C)nc4N(C)C)CC3C2)cc1Cl. The van der Waals surface area contributed by atoms with Crippen molar-refractivity contribution in [2.75, 3.05) is 77.3 Å². The summed E-state index contributed by atoms with van der Waals surface area (Å²) in [5, 5.41) is 3.61. The summed E-state index contributed by atoms with van der Waals surface area (Å²) in [4.78, 5) is 38.8. The summed E-state index contributed by atoms with van der Waals surface area (Å²) >= 11 is 6.14. The lowest BCUT2D eigenvalue weighted by molar-refractivity contribution is 0.0774. The molecule has 4 rings (SSSR count). The Labute approximate surface area is 219 Å². The first-order valence-electron chi connectivity index (χ1n) is 12.6. The maximum Gasteiger partial charge on any atom is 0.257 e. The maximum atomic E-state index is 13.4. The number of nitrogens with zero attached hydrogens (tertiary/aromatic N) is 5. The zero-order chi connectivity index (χ0) is 26.0. The Kier molecular flexibility index (Phi) is 8.05. The molecule has 0 spiro atoms. The first-order chi connectivity index (χ1) is 17.1. The second kappa shape index (κ2) is 11.0. The number of rotatable bonds is 8. The second-order valence-electron chi connectivity index (χ2n) is 10.4. The van der Waals surface area contributed by atoms with Crippen molar-refractivity contribution in [3.05, 3.63) is 52.0 Å². The molecule has 3 heterocycles. The molecule has 2 aliphatic rings. The largest absolute Gasteiger partial charge is 0.363 e. The fraction of sp³-hybridized carbons (Fsp3) is 0.519. The highest BCUT2D eigenvalue weighted by Gasteiger charge is 2.41. The molecule has 0 radical (unpaired) electrons. The van der Waals surface area contributed by atoms with Gasteiger partial charge >= 0.3 is 0 Å². The number of halogens is 1. The minimum absolute atomic E-state index is 0.0661. The van der Waals surface area contributed by atoms with E-state index in [1.54, 1.807) is 12.1 Å². The summed E-state index contributed by atoms with van der Waals surface area (Å²) in [5.74, 6) is 2.51. The van der Waals surface area contributed by atoms with Crippen molar-refractivity contribution >= 4 is 35.1 Å². The molecular weight excluding hydrogens is 476 g/mol. The number of hydrogen-bond donors (Lipinski definition) is 1. The molecule has 2 aliphatic heterocycles. The van der Waals surface area contributed by atoms with Gasteiger partial charge < -0.3 is 24.9 Å². The van der Waals surface area contributed by atoms with Gasteiger partial charge in [-0.1, -0.05) is 17.7 Å². The lowest BCUT2D eigenvalue weighted by Crippen LogP contribution is -2.35. The van der Waals surface area contributed by atoms with Gasteiger partial charge in [0, 0.05) is 71.5 Å². The van der Waals surface area contributed by atoms with Gasteiger partial charge in [-0.05, 0) is 61.6 Å². The Balaban J connectivity index is 1.24. The molecule has 2 unspecified atom stereocenters. The standard InChI is InChI=1S/C27H37ClN6O2/c1-18-7-8-19(13-23(18)28)26(35)29-11-6-12-33-14-20-16-34(17-21(20)15-33)27(36)22-9-10-24(31(2)3)30-25(22)32(4)5/h7-10,13,20-21H,6,11-12,14-17H2,1-5H3,(H,29,35). The summed E-state index contributed by atoms with van der Waals surface area (Å²) in [6.45, 7) is 7.05. The van der Waals surface area contributed by atoms with E-state index in [-0.39, 0.29) is 11.8 Å². The van der Waals surface area contributed by atoms with Crippen molar-refractivity contribution in [3.63, 3.8) is 0 Å². The third-order valence-electron chi connectivity index (χ3n) is 7.19. The summed E-state index contributed by atoms with van der Waals surface area (Å²) in [6, 6.07) is 9.20. The van der Waals surface area contributed by atoms with Gasteiger partial charge in [-0.2, -0.15) is 0 Å². The molecule has 0 aliphatic carbocycles. The van der Waals surface area contributed by atoms with Crippen LogP contribution < -0.4 is 15.1 Å². The average Bonchev–Trinajstić information content (AvgIpc) is 3.41. The Bertz CT molecular complexity index is 1110. The Morgan fingerprint density at radius 3 is 2.33 bits per heavy atom. The fourth-order valence-electron chi connectivity index (χ4n) is 5.15. The van der Waals surface area contributed by atoms with Gasteiger partial charge in [-0.25, -0.2) is 4.98 Å². The van der Waals surface area contributed by atoms with E-state index in [4.69, 9.17) is 11.6 Å². The number of fused-ring (bicyclic) bond motifs is 1. The zero-order valence-electron chi connectivity index (χ0n) is 21.9. The van der Waals surface area contributed by atoms with Crippen LogP contribution in [0.3, 0.4) is 0 Å². The maximum absolute atomic E-state index is 13.4. The molecule has 9 heteroatoms. The van der Waals surface area contributed by atoms with Crippen LogP contribution in [0.4, 0.5) is 11.6 Å². The van der Waals surface area contributed by atoms with Crippen LogP contribution in [0.2, 0.25) is 5.02 Å². The van der Waals surface area contributed by atoms with Gasteiger partial charge in [0.1, 0.15) is 11.6 Å². The van der Waals surface area contributed by atoms with Crippen molar-refractivity contribution in [1.29, 1.82) is 0 Å². The van der Waals surface area contributed by atoms with Crippen molar-refractivity contribution in [2.24, 2.45) is 11.8 Å². The molecular formula is C27H37ClN6O2. The predicted octanol–water partition coefficient (Wildman–Crippen LogP) is 3.00. The van der Waals surface area contributed by atoms with Crippen LogP contribution >= 0.6 is 11.6 Å². The van der Waals surface area contributed by atoms with Crippen molar-refractivity contribution < 1.29 is 9.59 Å². The average molecular weight is 513 g/mol. The molecule has 2 amide bonds. The Hall–Kier alpha value is -2.84. The molecule has 36 heavy (non-hydrogen) atoms. The van der Waals surface area contributed by atoms with Crippen LogP contribution in [0.5, 0.6) is 0 Å². The molecule has 2 aromatic rings. The van der Waals surface area contributed by atoms with Crippen molar-refractivity contribution in [1.82, 2.24) is 20.1 Å². The third-order valence-corrected chi connectivity index (χ3v) is 7.60.